The smallest absolute Gasteiger partial charge is 0.265 e. The van der Waals surface area contributed by atoms with E-state index >= 15 is 0 Å². The minimum Gasteiger partial charge on any atom is -0.497 e. The van der Waals surface area contributed by atoms with E-state index in [2.05, 4.69) is 10.3 Å². The Morgan fingerprint density at radius 1 is 0.921 bits per heavy atom. The number of hydrogen-bond acceptors (Lipinski definition) is 7. The number of amides is 1. The van der Waals surface area contributed by atoms with E-state index in [-0.39, 0.29) is 4.90 Å². The average molecular weight is 536 g/mol. The Bertz CT molecular complexity index is 1520. The van der Waals surface area contributed by atoms with E-state index in [4.69, 9.17) is 14.2 Å². The molecule has 10 heteroatoms. The third kappa shape index (κ3) is 5.81. The van der Waals surface area contributed by atoms with Gasteiger partial charge in [-0.05, 0) is 60.5 Å². The summed E-state index contributed by atoms with van der Waals surface area (Å²) in [6.07, 6.45) is 3.67. The summed E-state index contributed by atoms with van der Waals surface area (Å²) >= 11 is 0. The number of sulfonamides is 1. The van der Waals surface area contributed by atoms with Crippen LogP contribution < -0.4 is 23.8 Å². The van der Waals surface area contributed by atoms with Crippen LogP contribution in [-0.4, -0.2) is 53.7 Å². The second kappa shape index (κ2) is 11.8. The van der Waals surface area contributed by atoms with Crippen molar-refractivity contribution < 1.29 is 27.4 Å². The molecule has 0 spiro atoms. The van der Waals surface area contributed by atoms with Crippen LogP contribution >= 0.6 is 0 Å². The number of hydrogen-bond donors (Lipinski definition) is 1. The average Bonchev–Trinajstić information content (AvgIpc) is 2.95. The number of ether oxygens (including phenoxy) is 3. The topological polar surface area (TPSA) is 107 Å². The monoisotopic (exact) mass is 535 g/mol. The molecule has 1 heterocycles. The molecule has 0 unspecified atom stereocenters. The summed E-state index contributed by atoms with van der Waals surface area (Å²) in [5.41, 5.74) is 1.28. The van der Waals surface area contributed by atoms with E-state index in [1.54, 1.807) is 75.1 Å². The molecular weight excluding hydrogens is 506 g/mol. The number of methoxy groups -OCH3 is 3. The molecule has 3 aromatic carbocycles. The quantitative estimate of drug-likeness (QED) is 0.311. The molecule has 0 aliphatic rings. The van der Waals surface area contributed by atoms with Gasteiger partial charge in [0.1, 0.15) is 12.3 Å². The van der Waals surface area contributed by atoms with E-state index in [1.807, 2.05) is 12.1 Å². The zero-order chi connectivity index (χ0) is 27.1. The van der Waals surface area contributed by atoms with Crippen molar-refractivity contribution in [3.05, 3.63) is 84.7 Å². The summed E-state index contributed by atoms with van der Waals surface area (Å²) in [6.45, 7) is -0.0905. The number of fused-ring (bicyclic) bond motifs is 1. The van der Waals surface area contributed by atoms with Gasteiger partial charge >= 0.3 is 0 Å². The van der Waals surface area contributed by atoms with Gasteiger partial charge in [-0.1, -0.05) is 18.2 Å². The summed E-state index contributed by atoms with van der Waals surface area (Å²) in [6, 6.07) is 18.7. The number of rotatable bonds is 11. The minimum atomic E-state index is -4.12. The van der Waals surface area contributed by atoms with Crippen LogP contribution in [0.1, 0.15) is 5.56 Å². The van der Waals surface area contributed by atoms with Crippen LogP contribution in [0.3, 0.4) is 0 Å². The maximum Gasteiger partial charge on any atom is 0.265 e. The third-order valence-corrected chi connectivity index (χ3v) is 7.87. The zero-order valence-corrected chi connectivity index (χ0v) is 22.2. The van der Waals surface area contributed by atoms with Crippen LogP contribution in [0.4, 0.5) is 5.69 Å². The number of nitrogens with zero attached hydrogens (tertiary/aromatic N) is 2. The zero-order valence-electron chi connectivity index (χ0n) is 21.4. The highest BCUT2D eigenvalue weighted by atomic mass is 32.2. The molecule has 0 saturated carbocycles. The first-order valence-electron chi connectivity index (χ1n) is 11.8. The standard InChI is InChI=1S/C28H29N3O6S/c1-35-23-10-8-22(9-11-23)31(38(33,34)27-6-4-5-21-18-29-15-14-24(21)27)19-28(32)30-16-13-20-7-12-25(36-2)26(17-20)37-3/h4-12,14-15,17-18H,13,16,19H2,1-3H3,(H,30,32). The van der Waals surface area contributed by atoms with Crippen molar-refractivity contribution in [3.8, 4) is 17.2 Å². The molecule has 0 bridgehead atoms. The van der Waals surface area contributed by atoms with Gasteiger partial charge in [0.15, 0.2) is 11.5 Å². The largest absolute Gasteiger partial charge is 0.497 e. The number of nitrogens with one attached hydrogen (secondary N) is 1. The highest BCUT2D eigenvalue weighted by molar-refractivity contribution is 7.93. The fraction of sp³-hybridized carbons (Fsp3) is 0.214. The highest BCUT2D eigenvalue weighted by Gasteiger charge is 2.29. The lowest BCUT2D eigenvalue weighted by Gasteiger charge is -2.25. The van der Waals surface area contributed by atoms with E-state index in [0.29, 0.717) is 46.7 Å². The molecule has 9 nitrogen and oxygen atoms in total. The van der Waals surface area contributed by atoms with E-state index in [9.17, 15) is 13.2 Å². The fourth-order valence-electron chi connectivity index (χ4n) is 4.07. The van der Waals surface area contributed by atoms with Crippen LogP contribution in [0.2, 0.25) is 0 Å². The van der Waals surface area contributed by atoms with E-state index in [1.165, 1.54) is 13.2 Å². The lowest BCUT2D eigenvalue weighted by atomic mass is 10.1. The predicted molar refractivity (Wildman–Crippen MR) is 146 cm³/mol. The first kappa shape index (κ1) is 26.7. The molecule has 0 radical (unpaired) electrons. The number of benzene rings is 3. The summed E-state index contributed by atoms with van der Waals surface area (Å²) in [7, 11) is 0.536. The van der Waals surface area contributed by atoms with E-state index in [0.717, 1.165) is 9.87 Å². The van der Waals surface area contributed by atoms with Gasteiger partial charge in [0.2, 0.25) is 5.91 Å². The van der Waals surface area contributed by atoms with Gasteiger partial charge in [-0.3, -0.25) is 14.1 Å². The Balaban J connectivity index is 1.57. The van der Waals surface area contributed by atoms with Gasteiger partial charge in [0.05, 0.1) is 31.9 Å². The van der Waals surface area contributed by atoms with Crippen LogP contribution in [0.5, 0.6) is 17.2 Å². The number of aromatic nitrogens is 1. The molecule has 198 valence electrons. The van der Waals surface area contributed by atoms with Crippen molar-refractivity contribution in [1.82, 2.24) is 10.3 Å². The third-order valence-electron chi connectivity index (χ3n) is 6.04. The first-order valence-corrected chi connectivity index (χ1v) is 13.3. The Hall–Kier alpha value is -4.31. The lowest BCUT2D eigenvalue weighted by Crippen LogP contribution is -2.41. The van der Waals surface area contributed by atoms with Gasteiger partial charge in [0, 0.05) is 29.7 Å². The van der Waals surface area contributed by atoms with Gasteiger partial charge in [0.25, 0.3) is 10.0 Å². The molecule has 0 aliphatic heterocycles. The normalized spacial score (nSPS) is 11.1. The Kier molecular flexibility index (Phi) is 8.32. The van der Waals surface area contributed by atoms with Crippen molar-refractivity contribution >= 4 is 32.4 Å². The number of carbonyl (C=O) groups is 1. The van der Waals surface area contributed by atoms with Crippen LogP contribution in [0.25, 0.3) is 10.8 Å². The SMILES string of the molecule is COc1ccc(N(CC(=O)NCCc2ccc(OC)c(OC)c2)S(=O)(=O)c2cccc3cnccc23)cc1. The second-order valence-electron chi connectivity index (χ2n) is 8.35. The first-order chi connectivity index (χ1) is 18.4. The van der Waals surface area contributed by atoms with Crippen molar-refractivity contribution in [2.75, 3.05) is 38.7 Å². The molecule has 1 aromatic heterocycles. The molecule has 38 heavy (non-hydrogen) atoms. The fourth-order valence-corrected chi connectivity index (χ4v) is 5.71. The van der Waals surface area contributed by atoms with Gasteiger partial charge in [-0.2, -0.15) is 0 Å². The summed E-state index contributed by atoms with van der Waals surface area (Å²) in [4.78, 5) is 17.2. The molecule has 0 aliphatic carbocycles. The second-order valence-corrected chi connectivity index (χ2v) is 10.2. The van der Waals surface area contributed by atoms with Crippen LogP contribution in [0.15, 0.2) is 84.0 Å². The maximum absolute atomic E-state index is 13.9. The molecule has 1 N–H and O–H groups in total. The van der Waals surface area contributed by atoms with E-state index < -0.39 is 22.5 Å². The van der Waals surface area contributed by atoms with Crippen molar-refractivity contribution in [3.63, 3.8) is 0 Å². The van der Waals surface area contributed by atoms with Crippen molar-refractivity contribution in [2.45, 2.75) is 11.3 Å². The minimum absolute atomic E-state index is 0.0892. The molecule has 0 saturated heterocycles. The summed E-state index contributed by atoms with van der Waals surface area (Å²) in [5.74, 6) is 1.34. The molecule has 1 amide bonds. The Morgan fingerprint density at radius 3 is 2.39 bits per heavy atom. The molecule has 4 aromatic rings. The molecule has 0 fully saturated rings. The molecular formula is C28H29N3O6S. The number of carbonyl (C=O) groups excluding carboxylic acids is 1. The molecule has 4 rings (SSSR count). The van der Waals surface area contributed by atoms with Gasteiger partial charge in [-0.25, -0.2) is 8.42 Å². The summed E-state index contributed by atoms with van der Waals surface area (Å²) in [5, 5.41) is 4.03. The maximum atomic E-state index is 13.9. The highest BCUT2D eigenvalue weighted by Crippen LogP contribution is 2.30. The van der Waals surface area contributed by atoms with Gasteiger partial charge < -0.3 is 19.5 Å². The number of pyridine rings is 1. The Morgan fingerprint density at radius 2 is 1.68 bits per heavy atom. The lowest BCUT2D eigenvalue weighted by molar-refractivity contribution is -0.119. The number of anilines is 1. The Labute approximate surface area is 222 Å². The molecule has 0 atom stereocenters. The van der Waals surface area contributed by atoms with Crippen LogP contribution in [0, 0.1) is 0 Å². The van der Waals surface area contributed by atoms with Crippen molar-refractivity contribution in [2.24, 2.45) is 0 Å². The van der Waals surface area contributed by atoms with Crippen molar-refractivity contribution in [1.29, 1.82) is 0 Å². The predicted octanol–water partition coefficient (Wildman–Crippen LogP) is 3.81. The van der Waals surface area contributed by atoms with Crippen LogP contribution in [-0.2, 0) is 21.2 Å². The van der Waals surface area contributed by atoms with Gasteiger partial charge in [-0.15, -0.1) is 0 Å². The summed E-state index contributed by atoms with van der Waals surface area (Å²) < 4.78 is 44.8.